The van der Waals surface area contributed by atoms with Gasteiger partial charge in [-0.25, -0.2) is 0 Å². The summed E-state index contributed by atoms with van der Waals surface area (Å²) in [5.41, 5.74) is 1.24. The molecule has 0 radical (unpaired) electrons. The molecule has 1 aromatic rings. The Morgan fingerprint density at radius 3 is 2.88 bits per heavy atom. The van der Waals surface area contributed by atoms with Crippen LogP contribution < -0.4 is 5.32 Å². The third-order valence-electron chi connectivity index (χ3n) is 2.13. The molecule has 3 nitrogen and oxygen atoms in total. The zero-order valence-corrected chi connectivity index (χ0v) is 10.9. The molecule has 0 saturated carbocycles. The molecule has 0 unspecified atom stereocenters. The number of hydrogen-bond donors (Lipinski definition) is 1. The summed E-state index contributed by atoms with van der Waals surface area (Å²) < 4.78 is 5.44. The van der Waals surface area contributed by atoms with Crippen molar-refractivity contribution >= 4 is 17.3 Å². The molecule has 0 fully saturated rings. The maximum atomic E-state index is 8.94. The first-order valence-corrected chi connectivity index (χ1v) is 6.03. The largest absolute Gasteiger partial charge is 0.380 e. The summed E-state index contributed by atoms with van der Waals surface area (Å²) in [6, 6.07) is 7.38. The SMILES string of the molecule is CC(C)COCCNc1c(Cl)cccc1C#N. The molecule has 0 aliphatic heterocycles. The zero-order chi connectivity index (χ0) is 12.7. The lowest BCUT2D eigenvalue weighted by Crippen LogP contribution is -2.13. The van der Waals surface area contributed by atoms with Gasteiger partial charge in [0.1, 0.15) is 6.07 Å². The molecule has 1 rings (SSSR count). The lowest BCUT2D eigenvalue weighted by molar-refractivity contribution is 0.118. The van der Waals surface area contributed by atoms with Crippen molar-refractivity contribution in [2.45, 2.75) is 13.8 Å². The highest BCUT2D eigenvalue weighted by atomic mass is 35.5. The van der Waals surface area contributed by atoms with Crippen LogP contribution in [0.25, 0.3) is 0 Å². The molecule has 17 heavy (non-hydrogen) atoms. The molecule has 0 aliphatic carbocycles. The fraction of sp³-hybridized carbons (Fsp3) is 0.462. The molecule has 1 N–H and O–H groups in total. The Morgan fingerprint density at radius 2 is 2.24 bits per heavy atom. The van der Waals surface area contributed by atoms with Crippen LogP contribution in [0.1, 0.15) is 19.4 Å². The van der Waals surface area contributed by atoms with Crippen LogP contribution in [0.5, 0.6) is 0 Å². The smallest absolute Gasteiger partial charge is 0.101 e. The number of nitriles is 1. The quantitative estimate of drug-likeness (QED) is 0.790. The van der Waals surface area contributed by atoms with Gasteiger partial charge in [0.15, 0.2) is 0 Å². The van der Waals surface area contributed by atoms with Gasteiger partial charge in [0.05, 0.1) is 22.9 Å². The number of para-hydroxylation sites is 1. The van der Waals surface area contributed by atoms with E-state index in [1.807, 2.05) is 0 Å². The van der Waals surface area contributed by atoms with Crippen LogP contribution in [0, 0.1) is 17.2 Å². The van der Waals surface area contributed by atoms with E-state index in [2.05, 4.69) is 25.2 Å². The van der Waals surface area contributed by atoms with Crippen LogP contribution in [0.4, 0.5) is 5.69 Å². The minimum Gasteiger partial charge on any atom is -0.380 e. The van der Waals surface area contributed by atoms with Crippen LogP contribution in [-0.2, 0) is 4.74 Å². The summed E-state index contributed by atoms with van der Waals surface area (Å²) in [4.78, 5) is 0. The van der Waals surface area contributed by atoms with E-state index >= 15 is 0 Å². The normalized spacial score (nSPS) is 10.3. The summed E-state index contributed by atoms with van der Waals surface area (Å²) in [6.45, 7) is 6.21. The lowest BCUT2D eigenvalue weighted by Gasteiger charge is -2.11. The molecule has 0 amide bonds. The maximum Gasteiger partial charge on any atom is 0.101 e. The Balaban J connectivity index is 2.44. The van der Waals surface area contributed by atoms with Crippen molar-refractivity contribution in [2.75, 3.05) is 25.1 Å². The number of anilines is 1. The van der Waals surface area contributed by atoms with Gasteiger partial charge in [0, 0.05) is 13.2 Å². The number of ether oxygens (including phenoxy) is 1. The Morgan fingerprint density at radius 1 is 1.47 bits per heavy atom. The zero-order valence-electron chi connectivity index (χ0n) is 10.2. The summed E-state index contributed by atoms with van der Waals surface area (Å²) in [6.07, 6.45) is 0. The minimum absolute atomic E-state index is 0.532. The first-order valence-electron chi connectivity index (χ1n) is 5.65. The number of hydrogen-bond acceptors (Lipinski definition) is 3. The van der Waals surface area contributed by atoms with E-state index in [0.29, 0.717) is 35.3 Å². The van der Waals surface area contributed by atoms with Crippen molar-refractivity contribution in [3.05, 3.63) is 28.8 Å². The fourth-order valence-corrected chi connectivity index (χ4v) is 1.61. The molecule has 0 aromatic heterocycles. The van der Waals surface area contributed by atoms with Gasteiger partial charge >= 0.3 is 0 Å². The van der Waals surface area contributed by atoms with Gasteiger partial charge in [-0.2, -0.15) is 5.26 Å². The van der Waals surface area contributed by atoms with Crippen LogP contribution in [0.15, 0.2) is 18.2 Å². The van der Waals surface area contributed by atoms with Gasteiger partial charge in [-0.05, 0) is 18.1 Å². The van der Waals surface area contributed by atoms with Gasteiger partial charge < -0.3 is 10.1 Å². The topological polar surface area (TPSA) is 45.0 Å². The lowest BCUT2D eigenvalue weighted by atomic mass is 10.2. The number of benzene rings is 1. The van der Waals surface area contributed by atoms with Gasteiger partial charge in [-0.15, -0.1) is 0 Å². The third kappa shape index (κ3) is 4.64. The van der Waals surface area contributed by atoms with E-state index in [1.54, 1.807) is 18.2 Å². The van der Waals surface area contributed by atoms with E-state index in [4.69, 9.17) is 21.6 Å². The third-order valence-corrected chi connectivity index (χ3v) is 2.45. The fourth-order valence-electron chi connectivity index (χ4n) is 1.36. The number of nitrogens with zero attached hydrogens (tertiary/aromatic N) is 1. The standard InChI is InChI=1S/C13H17ClN2O/c1-10(2)9-17-7-6-16-13-11(8-15)4-3-5-12(13)14/h3-5,10,16H,6-7,9H2,1-2H3. The van der Waals surface area contributed by atoms with E-state index < -0.39 is 0 Å². The van der Waals surface area contributed by atoms with Crippen LogP contribution in [0.3, 0.4) is 0 Å². The van der Waals surface area contributed by atoms with E-state index in [9.17, 15) is 0 Å². The molecule has 0 aliphatic rings. The molecule has 1 aromatic carbocycles. The minimum atomic E-state index is 0.532. The molecule has 0 heterocycles. The molecule has 0 saturated heterocycles. The van der Waals surface area contributed by atoms with Gasteiger partial charge in [0.2, 0.25) is 0 Å². The summed E-state index contributed by atoms with van der Waals surface area (Å²) in [7, 11) is 0. The average Bonchev–Trinajstić information content (AvgIpc) is 2.30. The summed E-state index contributed by atoms with van der Waals surface area (Å²) >= 11 is 6.02. The molecular weight excluding hydrogens is 236 g/mol. The van der Waals surface area contributed by atoms with Crippen molar-refractivity contribution in [2.24, 2.45) is 5.92 Å². The summed E-state index contributed by atoms with van der Waals surface area (Å²) in [5, 5.41) is 12.6. The Kier molecular flexibility index (Phi) is 5.82. The number of nitrogens with one attached hydrogen (secondary N) is 1. The van der Waals surface area contributed by atoms with Crippen molar-refractivity contribution < 1.29 is 4.74 Å². The second-order valence-electron chi connectivity index (χ2n) is 4.17. The second kappa shape index (κ2) is 7.16. The van der Waals surface area contributed by atoms with Gasteiger partial charge in [-0.1, -0.05) is 31.5 Å². The molecular formula is C13H17ClN2O. The predicted octanol–water partition coefficient (Wildman–Crippen LogP) is 3.30. The monoisotopic (exact) mass is 252 g/mol. The first kappa shape index (κ1) is 13.8. The Bertz CT molecular complexity index is 399. The van der Waals surface area contributed by atoms with Crippen molar-refractivity contribution in [1.29, 1.82) is 5.26 Å². The Hall–Kier alpha value is -1.24. The molecule has 0 atom stereocenters. The Labute approximate surface area is 107 Å². The first-order chi connectivity index (χ1) is 8.15. The molecule has 0 spiro atoms. The van der Waals surface area contributed by atoms with Crippen molar-refractivity contribution in [1.82, 2.24) is 0 Å². The highest BCUT2D eigenvalue weighted by Gasteiger charge is 2.05. The maximum absolute atomic E-state index is 8.94. The average molecular weight is 253 g/mol. The van der Waals surface area contributed by atoms with E-state index in [1.165, 1.54) is 0 Å². The van der Waals surface area contributed by atoms with Gasteiger partial charge in [-0.3, -0.25) is 0 Å². The second-order valence-corrected chi connectivity index (χ2v) is 4.58. The molecule has 4 heteroatoms. The number of halogens is 1. The number of rotatable bonds is 6. The molecule has 0 bridgehead atoms. The summed E-state index contributed by atoms with van der Waals surface area (Å²) in [5.74, 6) is 0.532. The van der Waals surface area contributed by atoms with E-state index in [-0.39, 0.29) is 0 Å². The van der Waals surface area contributed by atoms with Crippen LogP contribution >= 0.6 is 11.6 Å². The highest BCUT2D eigenvalue weighted by molar-refractivity contribution is 6.33. The van der Waals surface area contributed by atoms with Crippen molar-refractivity contribution in [3.63, 3.8) is 0 Å². The van der Waals surface area contributed by atoms with Crippen LogP contribution in [0.2, 0.25) is 5.02 Å². The van der Waals surface area contributed by atoms with Crippen molar-refractivity contribution in [3.8, 4) is 6.07 Å². The molecule has 92 valence electrons. The van der Waals surface area contributed by atoms with Crippen LogP contribution in [-0.4, -0.2) is 19.8 Å². The predicted molar refractivity (Wildman–Crippen MR) is 70.3 cm³/mol. The highest BCUT2D eigenvalue weighted by Crippen LogP contribution is 2.24. The van der Waals surface area contributed by atoms with E-state index in [0.717, 1.165) is 6.61 Å². The van der Waals surface area contributed by atoms with Gasteiger partial charge in [0.25, 0.3) is 0 Å².